The number of carbonyl (C=O) groups is 2. The lowest BCUT2D eigenvalue weighted by molar-refractivity contribution is -0.118. The topological polar surface area (TPSA) is 77.5 Å². The molecule has 0 aliphatic heterocycles. The normalized spacial score (nSPS) is 11.1. The van der Waals surface area contributed by atoms with Crippen molar-refractivity contribution in [3.63, 3.8) is 0 Å². The van der Waals surface area contributed by atoms with Gasteiger partial charge in [-0.25, -0.2) is 5.48 Å². The van der Waals surface area contributed by atoms with Gasteiger partial charge in [0.05, 0.1) is 12.1 Å². The van der Waals surface area contributed by atoms with Crippen molar-refractivity contribution in [1.82, 2.24) is 10.5 Å². The zero-order valence-corrected chi connectivity index (χ0v) is 19.5. The van der Waals surface area contributed by atoms with Crippen molar-refractivity contribution in [2.45, 2.75) is 40.5 Å². The van der Waals surface area contributed by atoms with E-state index in [2.05, 4.69) is 10.5 Å². The van der Waals surface area contributed by atoms with Crippen LogP contribution in [0.5, 0.6) is 11.5 Å². The number of carbonyl (C=O) groups excluding carboxylic acids is 2. The van der Waals surface area contributed by atoms with Gasteiger partial charge in [-0.1, -0.05) is 38.4 Å². The molecule has 0 saturated heterocycles. The van der Waals surface area contributed by atoms with E-state index in [-0.39, 0.29) is 11.7 Å². The molecule has 1 aromatic heterocycles. The predicted molar refractivity (Wildman–Crippen MR) is 125 cm³/mol. The third-order valence-corrected chi connectivity index (χ3v) is 5.26. The summed E-state index contributed by atoms with van der Waals surface area (Å²) in [4.78, 5) is 34.0. The quantitative estimate of drug-likeness (QED) is 0.412. The number of aromatic nitrogens is 1. The van der Waals surface area contributed by atoms with Crippen molar-refractivity contribution >= 4 is 34.2 Å². The van der Waals surface area contributed by atoms with Crippen LogP contribution in [0.1, 0.15) is 48.7 Å². The fourth-order valence-electron chi connectivity index (χ4n) is 3.13. The molecule has 7 heteroatoms. The first-order valence-electron chi connectivity index (χ1n) is 10.6. The Morgan fingerprint density at radius 2 is 1.94 bits per heavy atom. The third kappa shape index (κ3) is 5.84. The minimum absolute atomic E-state index is 0.124. The van der Waals surface area contributed by atoms with Gasteiger partial charge in [-0.05, 0) is 54.3 Å². The van der Waals surface area contributed by atoms with Crippen LogP contribution >= 0.6 is 11.6 Å². The lowest BCUT2D eigenvalue weighted by atomic mass is 10.0. The number of nitrogens with one attached hydrogen (secondary N) is 1. The summed E-state index contributed by atoms with van der Waals surface area (Å²) in [6.45, 7) is 8.11. The van der Waals surface area contributed by atoms with Crippen LogP contribution in [0.4, 0.5) is 0 Å². The van der Waals surface area contributed by atoms with Gasteiger partial charge in [0.1, 0.15) is 17.3 Å². The van der Waals surface area contributed by atoms with Gasteiger partial charge in [-0.15, -0.1) is 0 Å². The molecule has 32 heavy (non-hydrogen) atoms. The number of aryl methyl sites for hydroxylation is 1. The largest absolute Gasteiger partial charge is 0.457 e. The summed E-state index contributed by atoms with van der Waals surface area (Å²) in [6.07, 6.45) is 2.42. The molecule has 0 radical (unpaired) electrons. The van der Waals surface area contributed by atoms with E-state index in [1.807, 2.05) is 33.8 Å². The Kier molecular flexibility index (Phi) is 7.83. The average molecular weight is 455 g/mol. The highest BCUT2D eigenvalue weighted by atomic mass is 35.5. The monoisotopic (exact) mass is 454 g/mol. The van der Waals surface area contributed by atoms with Crippen molar-refractivity contribution in [2.75, 3.05) is 6.61 Å². The lowest BCUT2D eigenvalue weighted by Crippen LogP contribution is -2.26. The number of halogens is 1. The minimum Gasteiger partial charge on any atom is -0.457 e. The number of nitrogens with zero attached hydrogens (tertiary/aromatic N) is 1. The van der Waals surface area contributed by atoms with E-state index in [1.165, 1.54) is 0 Å². The molecule has 168 valence electrons. The molecular weight excluding hydrogens is 428 g/mol. The highest BCUT2D eigenvalue weighted by molar-refractivity contribution is 6.31. The Morgan fingerprint density at radius 1 is 1.16 bits per heavy atom. The molecule has 3 aromatic rings. The molecule has 0 saturated carbocycles. The summed E-state index contributed by atoms with van der Waals surface area (Å²) in [5.74, 6) is 1.17. The summed E-state index contributed by atoms with van der Waals surface area (Å²) in [7, 11) is 0. The molecule has 0 unspecified atom stereocenters. The van der Waals surface area contributed by atoms with Gasteiger partial charge in [0.15, 0.2) is 0 Å². The second-order valence-electron chi connectivity index (χ2n) is 8.05. The molecule has 0 bridgehead atoms. The van der Waals surface area contributed by atoms with Crippen LogP contribution in [0.2, 0.25) is 5.02 Å². The molecule has 1 heterocycles. The number of fused-ring (bicyclic) bond motifs is 1. The summed E-state index contributed by atoms with van der Waals surface area (Å²) < 4.78 is 6.07. The van der Waals surface area contributed by atoms with Crippen LogP contribution in [-0.4, -0.2) is 23.3 Å². The van der Waals surface area contributed by atoms with Gasteiger partial charge >= 0.3 is 0 Å². The van der Waals surface area contributed by atoms with E-state index in [9.17, 15) is 9.59 Å². The van der Waals surface area contributed by atoms with E-state index in [0.717, 1.165) is 11.1 Å². The van der Waals surface area contributed by atoms with E-state index in [4.69, 9.17) is 21.2 Å². The maximum Gasteiger partial charge on any atom is 0.275 e. The number of hydroxylamine groups is 1. The number of Topliss-reactive ketones (excluding diaryl/α,β-unsaturated/α-hetero) is 1. The Morgan fingerprint density at radius 3 is 2.62 bits per heavy atom. The SMILES string of the molecule is CCC(=O)Cc1ccc(Oc2ccnc3cc(C)c(C(=O)NOCC(C)C)cc23)cc1Cl. The number of ether oxygens (including phenoxy) is 1. The van der Waals surface area contributed by atoms with Crippen LogP contribution < -0.4 is 10.2 Å². The number of hydrogen-bond acceptors (Lipinski definition) is 5. The number of benzene rings is 2. The lowest BCUT2D eigenvalue weighted by Gasteiger charge is -2.13. The Bertz CT molecular complexity index is 1140. The zero-order chi connectivity index (χ0) is 23.3. The molecule has 0 atom stereocenters. The van der Waals surface area contributed by atoms with Crippen LogP contribution in [0.25, 0.3) is 10.9 Å². The van der Waals surface area contributed by atoms with Crippen LogP contribution in [0.3, 0.4) is 0 Å². The van der Waals surface area contributed by atoms with Gasteiger partial charge in [0.25, 0.3) is 5.91 Å². The van der Waals surface area contributed by atoms with Gasteiger partial charge in [0.2, 0.25) is 0 Å². The predicted octanol–water partition coefficient (Wildman–Crippen LogP) is 5.83. The van der Waals surface area contributed by atoms with Crippen molar-refractivity contribution < 1.29 is 19.2 Å². The molecule has 0 aliphatic carbocycles. The Balaban J connectivity index is 1.88. The van der Waals surface area contributed by atoms with Crippen molar-refractivity contribution in [3.05, 3.63) is 64.3 Å². The van der Waals surface area contributed by atoms with Crippen molar-refractivity contribution in [3.8, 4) is 11.5 Å². The number of hydrogen-bond donors (Lipinski definition) is 1. The molecule has 3 rings (SSSR count). The summed E-state index contributed by atoms with van der Waals surface area (Å²) >= 11 is 6.36. The van der Waals surface area contributed by atoms with Gasteiger partial charge in [-0.2, -0.15) is 0 Å². The molecule has 6 nitrogen and oxygen atoms in total. The summed E-state index contributed by atoms with van der Waals surface area (Å²) in [5, 5.41) is 1.16. The van der Waals surface area contributed by atoms with Crippen LogP contribution in [-0.2, 0) is 16.1 Å². The van der Waals surface area contributed by atoms with Crippen LogP contribution in [0.15, 0.2) is 42.6 Å². The van der Waals surface area contributed by atoms with Gasteiger partial charge in [0, 0.05) is 35.0 Å². The number of pyridine rings is 1. The smallest absolute Gasteiger partial charge is 0.275 e. The van der Waals surface area contributed by atoms with Gasteiger partial charge in [-0.3, -0.25) is 19.4 Å². The highest BCUT2D eigenvalue weighted by Crippen LogP contribution is 2.32. The Hall–Kier alpha value is -2.96. The average Bonchev–Trinajstić information content (AvgIpc) is 2.74. The fourth-order valence-corrected chi connectivity index (χ4v) is 3.37. The first kappa shape index (κ1) is 23.7. The van der Waals surface area contributed by atoms with E-state index >= 15 is 0 Å². The highest BCUT2D eigenvalue weighted by Gasteiger charge is 2.15. The van der Waals surface area contributed by atoms with E-state index in [1.54, 1.807) is 36.5 Å². The molecule has 2 aromatic carbocycles. The van der Waals surface area contributed by atoms with Crippen molar-refractivity contribution in [1.29, 1.82) is 0 Å². The third-order valence-electron chi connectivity index (χ3n) is 4.91. The molecule has 1 N–H and O–H groups in total. The molecular formula is C25H27ClN2O4. The number of amides is 1. The molecule has 0 aliphatic rings. The maximum absolute atomic E-state index is 12.6. The maximum atomic E-state index is 12.6. The number of ketones is 1. The Labute approximate surface area is 192 Å². The minimum atomic E-state index is -0.326. The summed E-state index contributed by atoms with van der Waals surface area (Å²) in [5.41, 5.74) is 5.22. The first-order chi connectivity index (χ1) is 15.3. The fraction of sp³-hybridized carbons (Fsp3) is 0.320. The second-order valence-corrected chi connectivity index (χ2v) is 8.46. The zero-order valence-electron chi connectivity index (χ0n) is 18.7. The first-order valence-corrected chi connectivity index (χ1v) is 11.0. The second kappa shape index (κ2) is 10.6. The molecule has 0 spiro atoms. The number of rotatable bonds is 9. The van der Waals surface area contributed by atoms with E-state index < -0.39 is 0 Å². The summed E-state index contributed by atoms with van der Waals surface area (Å²) in [6, 6.07) is 10.6. The molecule has 1 amide bonds. The van der Waals surface area contributed by atoms with E-state index in [0.29, 0.717) is 58.4 Å². The molecule has 0 fully saturated rings. The van der Waals surface area contributed by atoms with Crippen molar-refractivity contribution in [2.24, 2.45) is 5.92 Å². The standard InChI is InChI=1S/C25H27ClN2O4/c1-5-18(29)11-17-6-7-19(12-22(17)26)32-24-8-9-27-23-10-16(4)20(13-21(23)24)25(30)28-31-14-15(2)3/h6-10,12-13,15H,5,11,14H2,1-4H3,(H,28,30). The van der Waals surface area contributed by atoms with Crippen LogP contribution in [0, 0.1) is 12.8 Å². The van der Waals surface area contributed by atoms with Gasteiger partial charge < -0.3 is 4.74 Å².